The van der Waals surface area contributed by atoms with Crippen molar-refractivity contribution in [3.05, 3.63) is 41.3 Å². The molecule has 0 amide bonds. The lowest BCUT2D eigenvalue weighted by Crippen LogP contribution is -2.09. The van der Waals surface area contributed by atoms with Crippen molar-refractivity contribution >= 4 is 33.2 Å². The van der Waals surface area contributed by atoms with E-state index in [0.717, 1.165) is 5.75 Å². The van der Waals surface area contributed by atoms with Crippen LogP contribution in [0.2, 0.25) is 0 Å². The highest BCUT2D eigenvalue weighted by molar-refractivity contribution is 9.18. The minimum Gasteiger partial charge on any atom is -0.487 e. The number of benzene rings is 1. The van der Waals surface area contributed by atoms with E-state index in [-0.39, 0.29) is 6.10 Å². The minimum atomic E-state index is -0.107. The number of hydrogen-bond acceptors (Lipinski definition) is 4. The van der Waals surface area contributed by atoms with Gasteiger partial charge in [0.15, 0.2) is 0 Å². The Morgan fingerprint density at radius 1 is 1.50 bits per heavy atom. The van der Waals surface area contributed by atoms with Gasteiger partial charge in [-0.1, -0.05) is 18.2 Å². The molecular formula is C11H13BrN2OS. The number of nitrogens with zero attached hydrogens (tertiary/aromatic N) is 1. The van der Waals surface area contributed by atoms with Crippen LogP contribution >= 0.6 is 28.6 Å². The second kappa shape index (κ2) is 6.60. The molecule has 0 saturated heterocycles. The molecule has 0 aliphatic heterocycles. The summed E-state index contributed by atoms with van der Waals surface area (Å²) in [6.45, 7) is 1.92. The molecule has 2 N–H and O–H groups in total. The van der Waals surface area contributed by atoms with Gasteiger partial charge in [0, 0.05) is 4.91 Å². The van der Waals surface area contributed by atoms with Crippen LogP contribution in [-0.4, -0.2) is 10.7 Å². The van der Waals surface area contributed by atoms with Crippen molar-refractivity contribution in [2.75, 3.05) is 0 Å². The van der Waals surface area contributed by atoms with Crippen LogP contribution in [-0.2, 0) is 0 Å². The summed E-state index contributed by atoms with van der Waals surface area (Å²) in [7, 11) is 0. The normalized spacial score (nSPS) is 14.7. The van der Waals surface area contributed by atoms with Crippen LogP contribution in [0.3, 0.4) is 0 Å². The second-order valence-electron chi connectivity index (χ2n) is 3.11. The van der Waals surface area contributed by atoms with Crippen LogP contribution in [0.15, 0.2) is 46.4 Å². The summed E-state index contributed by atoms with van der Waals surface area (Å²) in [5.41, 5.74) is 0. The van der Waals surface area contributed by atoms with Crippen LogP contribution in [0.5, 0.6) is 5.75 Å². The molecule has 0 aliphatic carbocycles. The van der Waals surface area contributed by atoms with Gasteiger partial charge >= 0.3 is 0 Å². The summed E-state index contributed by atoms with van der Waals surface area (Å²) >= 11 is 7.42. The Morgan fingerprint density at radius 2 is 2.12 bits per heavy atom. The van der Waals surface area contributed by atoms with Gasteiger partial charge in [-0.05, 0) is 41.1 Å². The number of ether oxygens (including phenoxy) is 1. The van der Waals surface area contributed by atoms with Gasteiger partial charge in [0.25, 0.3) is 0 Å². The van der Waals surface area contributed by atoms with Gasteiger partial charge in [-0.25, -0.2) is 0 Å². The zero-order valence-corrected chi connectivity index (χ0v) is 11.3. The Bertz CT molecular complexity index is 392. The summed E-state index contributed by atoms with van der Waals surface area (Å²) in [6, 6.07) is 9.58. The third-order valence-electron chi connectivity index (χ3n) is 1.78. The van der Waals surface area contributed by atoms with Gasteiger partial charge in [-0.15, -0.1) is 12.6 Å². The fourth-order valence-corrected chi connectivity index (χ4v) is 1.50. The predicted octanol–water partition coefficient (Wildman–Crippen LogP) is 2.93. The average Bonchev–Trinajstić information content (AvgIpc) is 2.29. The summed E-state index contributed by atoms with van der Waals surface area (Å²) in [6.07, 6.45) is 1.71. The maximum absolute atomic E-state index is 5.64. The average molecular weight is 301 g/mol. The maximum atomic E-state index is 5.64. The molecule has 86 valence electrons. The van der Waals surface area contributed by atoms with Crippen LogP contribution < -0.4 is 10.6 Å². The highest BCUT2D eigenvalue weighted by Gasteiger charge is 2.04. The molecule has 0 heterocycles. The molecular weight excluding hydrogens is 288 g/mol. The zero-order valence-electron chi connectivity index (χ0n) is 8.80. The van der Waals surface area contributed by atoms with Crippen LogP contribution in [0.1, 0.15) is 6.92 Å². The fourth-order valence-electron chi connectivity index (χ4n) is 1.10. The number of rotatable bonds is 4. The van der Waals surface area contributed by atoms with Crippen molar-refractivity contribution in [2.45, 2.75) is 13.0 Å². The molecule has 1 aromatic rings. The van der Waals surface area contributed by atoms with E-state index in [1.807, 2.05) is 43.3 Å². The third-order valence-corrected chi connectivity index (χ3v) is 3.08. The monoisotopic (exact) mass is 300 g/mol. The minimum absolute atomic E-state index is 0.107. The van der Waals surface area contributed by atoms with Crippen molar-refractivity contribution in [3.8, 4) is 5.75 Å². The second-order valence-corrected chi connectivity index (χ2v) is 4.34. The van der Waals surface area contributed by atoms with E-state index in [9.17, 15) is 0 Å². The van der Waals surface area contributed by atoms with Crippen molar-refractivity contribution in [2.24, 2.45) is 10.9 Å². The molecule has 0 spiro atoms. The summed E-state index contributed by atoms with van der Waals surface area (Å²) in [5, 5.41) is 3.48. The predicted molar refractivity (Wildman–Crippen MR) is 74.2 cm³/mol. The molecule has 0 aliphatic rings. The fraction of sp³-hybridized carbons (Fsp3) is 0.182. The van der Waals surface area contributed by atoms with Crippen molar-refractivity contribution in [1.29, 1.82) is 0 Å². The molecule has 3 nitrogen and oxygen atoms in total. The molecule has 0 bridgehead atoms. The van der Waals surface area contributed by atoms with Gasteiger partial charge in [-0.3, -0.25) is 0 Å². The lowest BCUT2D eigenvalue weighted by Gasteiger charge is -2.11. The summed E-state index contributed by atoms with van der Waals surface area (Å²) in [4.78, 5) is 0.644. The van der Waals surface area contributed by atoms with Crippen LogP contribution in [0.4, 0.5) is 0 Å². The number of allylic oxidation sites excluding steroid dienone is 1. The van der Waals surface area contributed by atoms with Gasteiger partial charge < -0.3 is 10.6 Å². The Labute approximate surface area is 109 Å². The number of para-hydroxylation sites is 1. The largest absolute Gasteiger partial charge is 0.487 e. The molecule has 1 rings (SSSR count). The first kappa shape index (κ1) is 13.1. The van der Waals surface area contributed by atoms with Crippen LogP contribution in [0.25, 0.3) is 0 Å². The summed E-state index contributed by atoms with van der Waals surface area (Å²) in [5.74, 6) is 5.92. The highest BCUT2D eigenvalue weighted by atomic mass is 79.9. The molecule has 1 aromatic carbocycles. The molecule has 0 radical (unpaired) electrons. The molecule has 0 saturated carbocycles. The zero-order chi connectivity index (χ0) is 12.0. The lowest BCUT2D eigenvalue weighted by atomic mass is 10.3. The van der Waals surface area contributed by atoms with E-state index in [1.165, 1.54) is 0 Å². The van der Waals surface area contributed by atoms with Gasteiger partial charge in [0.05, 0.1) is 0 Å². The third kappa shape index (κ3) is 4.28. The van der Waals surface area contributed by atoms with Gasteiger partial charge in [0.2, 0.25) is 0 Å². The molecule has 0 aromatic heterocycles. The molecule has 16 heavy (non-hydrogen) atoms. The quantitative estimate of drug-likeness (QED) is 0.389. The smallest absolute Gasteiger partial charge is 0.138 e. The number of thiol groups is 1. The molecule has 5 heteroatoms. The molecule has 0 fully saturated rings. The van der Waals surface area contributed by atoms with E-state index in [0.29, 0.717) is 9.53 Å². The number of halogens is 1. The van der Waals surface area contributed by atoms with E-state index >= 15 is 0 Å². The lowest BCUT2D eigenvalue weighted by molar-refractivity contribution is 0.270. The topological polar surface area (TPSA) is 47.6 Å². The highest BCUT2D eigenvalue weighted by Crippen LogP contribution is 2.15. The van der Waals surface area contributed by atoms with Crippen LogP contribution in [0, 0.1) is 0 Å². The Morgan fingerprint density at radius 3 is 2.69 bits per heavy atom. The standard InChI is InChI=1S/C11H13BrN2OS/c1-8(7-10(16)11(12)14-13)15-9-5-3-2-4-6-9/h2-8,16H,13H2,1H3/b10-7+,14-11+. The first-order valence-electron chi connectivity index (χ1n) is 4.69. The molecule has 1 unspecified atom stereocenters. The first-order chi connectivity index (χ1) is 7.63. The van der Waals surface area contributed by atoms with E-state index in [2.05, 4.69) is 33.7 Å². The SMILES string of the molecule is CC(/C=C(S)\C(Br)=N/N)Oc1ccccc1. The first-order valence-corrected chi connectivity index (χ1v) is 5.93. The molecule has 1 atom stereocenters. The Balaban J connectivity index is 2.64. The van der Waals surface area contributed by atoms with Crippen molar-refractivity contribution in [3.63, 3.8) is 0 Å². The van der Waals surface area contributed by atoms with Gasteiger partial charge in [0.1, 0.15) is 16.5 Å². The van der Waals surface area contributed by atoms with E-state index in [4.69, 9.17) is 10.6 Å². The number of hydrazone groups is 1. The van der Waals surface area contributed by atoms with E-state index < -0.39 is 0 Å². The summed E-state index contributed by atoms with van der Waals surface area (Å²) < 4.78 is 6.14. The van der Waals surface area contributed by atoms with Crippen molar-refractivity contribution in [1.82, 2.24) is 0 Å². The maximum Gasteiger partial charge on any atom is 0.138 e. The Hall–Kier alpha value is -0.940. The van der Waals surface area contributed by atoms with Crippen molar-refractivity contribution < 1.29 is 4.74 Å². The van der Waals surface area contributed by atoms with Gasteiger partial charge in [-0.2, -0.15) is 5.10 Å². The van der Waals surface area contributed by atoms with E-state index in [1.54, 1.807) is 0 Å². The number of hydrogen-bond donors (Lipinski definition) is 2. The number of nitrogens with two attached hydrogens (primary N) is 1. The Kier molecular flexibility index (Phi) is 5.42.